The normalized spacial score (nSPS) is 20.8. The van der Waals surface area contributed by atoms with Crippen molar-refractivity contribution in [2.45, 2.75) is 25.8 Å². The Bertz CT molecular complexity index is 563. The lowest BCUT2D eigenvalue weighted by atomic mass is 10.1. The van der Waals surface area contributed by atoms with E-state index >= 15 is 0 Å². The van der Waals surface area contributed by atoms with Crippen LogP contribution in [0, 0.1) is 0 Å². The Morgan fingerprint density at radius 3 is 3.16 bits per heavy atom. The zero-order chi connectivity index (χ0) is 13.2. The number of aryl methyl sites for hydroxylation is 1. The highest BCUT2D eigenvalue weighted by molar-refractivity contribution is 5.86. The molecule has 19 heavy (non-hydrogen) atoms. The van der Waals surface area contributed by atoms with Crippen LogP contribution in [0.4, 0.5) is 5.82 Å². The van der Waals surface area contributed by atoms with Gasteiger partial charge in [0.15, 0.2) is 5.65 Å². The summed E-state index contributed by atoms with van der Waals surface area (Å²) in [5.41, 5.74) is 0.876. The molecule has 3 heterocycles. The molecule has 0 radical (unpaired) electrons. The maximum Gasteiger partial charge on any atom is 0.163 e. The summed E-state index contributed by atoms with van der Waals surface area (Å²) in [5.74, 6) is 0.904. The van der Waals surface area contributed by atoms with Crippen LogP contribution >= 0.6 is 0 Å². The van der Waals surface area contributed by atoms with Crippen molar-refractivity contribution in [3.05, 3.63) is 12.5 Å². The van der Waals surface area contributed by atoms with Gasteiger partial charge in [-0.3, -0.25) is 4.68 Å². The van der Waals surface area contributed by atoms with Gasteiger partial charge in [0.05, 0.1) is 11.6 Å². The van der Waals surface area contributed by atoms with Gasteiger partial charge in [-0.25, -0.2) is 9.97 Å². The Morgan fingerprint density at radius 1 is 1.42 bits per heavy atom. The van der Waals surface area contributed by atoms with E-state index in [4.69, 9.17) is 0 Å². The molecule has 3 rings (SSSR count). The second-order valence-electron chi connectivity index (χ2n) is 5.10. The lowest BCUT2D eigenvalue weighted by Crippen LogP contribution is -2.42. The Morgan fingerprint density at radius 2 is 2.32 bits per heavy atom. The zero-order valence-corrected chi connectivity index (χ0v) is 11.5. The van der Waals surface area contributed by atoms with Gasteiger partial charge >= 0.3 is 0 Å². The monoisotopic (exact) mass is 260 g/mol. The molecule has 0 aliphatic carbocycles. The summed E-state index contributed by atoms with van der Waals surface area (Å²) >= 11 is 0. The van der Waals surface area contributed by atoms with Crippen molar-refractivity contribution in [3.63, 3.8) is 0 Å². The summed E-state index contributed by atoms with van der Waals surface area (Å²) in [6.45, 7) is 5.62. The SMILES string of the molecule is CCN1CCC[C@H](Nc2ncnc3c2cnn3C)C1. The van der Waals surface area contributed by atoms with Crippen LogP contribution in [0.3, 0.4) is 0 Å². The van der Waals surface area contributed by atoms with Crippen LogP contribution in [-0.2, 0) is 7.05 Å². The number of piperidine rings is 1. The van der Waals surface area contributed by atoms with Crippen LogP contribution < -0.4 is 5.32 Å². The Balaban J connectivity index is 1.81. The van der Waals surface area contributed by atoms with E-state index in [1.165, 1.54) is 19.4 Å². The fourth-order valence-electron chi connectivity index (χ4n) is 2.73. The largest absolute Gasteiger partial charge is 0.365 e. The molecule has 0 unspecified atom stereocenters. The summed E-state index contributed by atoms with van der Waals surface area (Å²) in [4.78, 5) is 11.1. The van der Waals surface area contributed by atoms with Gasteiger partial charge in [-0.2, -0.15) is 5.10 Å². The molecule has 0 amide bonds. The number of rotatable bonds is 3. The fraction of sp³-hybridized carbons (Fsp3) is 0.615. The maximum absolute atomic E-state index is 4.37. The number of likely N-dealkylation sites (tertiary alicyclic amines) is 1. The van der Waals surface area contributed by atoms with E-state index in [2.05, 4.69) is 32.2 Å². The standard InChI is InChI=1S/C13H20N6/c1-3-19-6-4-5-10(8-19)17-12-11-7-16-18(2)13(11)15-9-14-12/h7,9-10H,3-6,8H2,1-2H3,(H,14,15,17)/t10-/m0/s1. The minimum Gasteiger partial charge on any atom is -0.365 e. The molecule has 2 aromatic heterocycles. The van der Waals surface area contributed by atoms with Gasteiger partial charge in [-0.05, 0) is 25.9 Å². The molecule has 1 fully saturated rings. The average Bonchev–Trinajstić information content (AvgIpc) is 2.82. The Hall–Kier alpha value is -1.69. The number of fused-ring (bicyclic) bond motifs is 1. The van der Waals surface area contributed by atoms with E-state index in [0.29, 0.717) is 6.04 Å². The minimum atomic E-state index is 0.465. The van der Waals surface area contributed by atoms with E-state index in [1.807, 2.05) is 13.2 Å². The summed E-state index contributed by atoms with van der Waals surface area (Å²) in [6.07, 6.45) is 5.87. The third-order valence-electron chi connectivity index (χ3n) is 3.82. The van der Waals surface area contributed by atoms with E-state index in [0.717, 1.165) is 29.9 Å². The van der Waals surface area contributed by atoms with Crippen LogP contribution in [0.25, 0.3) is 11.0 Å². The third kappa shape index (κ3) is 2.40. The van der Waals surface area contributed by atoms with Crippen molar-refractivity contribution >= 4 is 16.9 Å². The van der Waals surface area contributed by atoms with E-state index in [-0.39, 0.29) is 0 Å². The maximum atomic E-state index is 4.37. The van der Waals surface area contributed by atoms with Gasteiger partial charge in [0.1, 0.15) is 12.1 Å². The van der Waals surface area contributed by atoms with Gasteiger partial charge in [-0.15, -0.1) is 0 Å². The van der Waals surface area contributed by atoms with Crippen LogP contribution in [0.2, 0.25) is 0 Å². The molecule has 1 aliphatic rings. The number of hydrogen-bond acceptors (Lipinski definition) is 5. The fourth-order valence-corrected chi connectivity index (χ4v) is 2.73. The molecule has 6 nitrogen and oxygen atoms in total. The topological polar surface area (TPSA) is 58.9 Å². The summed E-state index contributed by atoms with van der Waals surface area (Å²) in [7, 11) is 1.90. The lowest BCUT2D eigenvalue weighted by Gasteiger charge is -2.32. The first-order chi connectivity index (χ1) is 9.28. The first-order valence-electron chi connectivity index (χ1n) is 6.89. The smallest absolute Gasteiger partial charge is 0.163 e. The number of likely N-dealkylation sites (N-methyl/N-ethyl adjacent to an activating group) is 1. The number of nitrogens with zero attached hydrogens (tertiary/aromatic N) is 5. The second kappa shape index (κ2) is 5.13. The highest BCUT2D eigenvalue weighted by atomic mass is 15.3. The molecule has 0 bridgehead atoms. The molecular formula is C13H20N6. The van der Waals surface area contributed by atoms with Crippen molar-refractivity contribution in [2.24, 2.45) is 7.05 Å². The molecular weight excluding hydrogens is 240 g/mol. The first-order valence-corrected chi connectivity index (χ1v) is 6.89. The summed E-state index contributed by atoms with van der Waals surface area (Å²) < 4.78 is 1.78. The number of aromatic nitrogens is 4. The third-order valence-corrected chi connectivity index (χ3v) is 3.82. The zero-order valence-electron chi connectivity index (χ0n) is 11.5. The molecule has 2 aromatic rings. The van der Waals surface area contributed by atoms with Crippen LogP contribution in [0.1, 0.15) is 19.8 Å². The first kappa shape index (κ1) is 12.3. The molecule has 1 N–H and O–H groups in total. The predicted octanol–water partition coefficient (Wildman–Crippen LogP) is 1.26. The predicted molar refractivity (Wildman–Crippen MR) is 75.1 cm³/mol. The minimum absolute atomic E-state index is 0.465. The Labute approximate surface area is 112 Å². The number of nitrogens with one attached hydrogen (secondary N) is 1. The van der Waals surface area contributed by atoms with Crippen LogP contribution in [0.5, 0.6) is 0 Å². The van der Waals surface area contributed by atoms with Crippen LogP contribution in [0.15, 0.2) is 12.5 Å². The van der Waals surface area contributed by atoms with Crippen molar-refractivity contribution in [3.8, 4) is 0 Å². The molecule has 102 valence electrons. The molecule has 0 spiro atoms. The highest BCUT2D eigenvalue weighted by Crippen LogP contribution is 2.21. The van der Waals surface area contributed by atoms with E-state index in [1.54, 1.807) is 11.0 Å². The van der Waals surface area contributed by atoms with Crippen molar-refractivity contribution < 1.29 is 0 Å². The van der Waals surface area contributed by atoms with Gasteiger partial charge in [0.2, 0.25) is 0 Å². The molecule has 1 saturated heterocycles. The molecule has 1 atom stereocenters. The summed E-state index contributed by atoms with van der Waals surface area (Å²) in [6, 6.07) is 0.465. The summed E-state index contributed by atoms with van der Waals surface area (Å²) in [5, 5.41) is 8.80. The second-order valence-corrected chi connectivity index (χ2v) is 5.10. The van der Waals surface area contributed by atoms with Crippen molar-refractivity contribution in [1.29, 1.82) is 0 Å². The van der Waals surface area contributed by atoms with E-state index in [9.17, 15) is 0 Å². The number of hydrogen-bond donors (Lipinski definition) is 1. The molecule has 1 aliphatic heterocycles. The van der Waals surface area contributed by atoms with Gasteiger partial charge in [-0.1, -0.05) is 6.92 Å². The average molecular weight is 260 g/mol. The van der Waals surface area contributed by atoms with Crippen molar-refractivity contribution in [1.82, 2.24) is 24.6 Å². The molecule has 6 heteroatoms. The van der Waals surface area contributed by atoms with Crippen molar-refractivity contribution in [2.75, 3.05) is 25.0 Å². The van der Waals surface area contributed by atoms with Gasteiger partial charge in [0.25, 0.3) is 0 Å². The van der Waals surface area contributed by atoms with E-state index < -0.39 is 0 Å². The van der Waals surface area contributed by atoms with Crippen LogP contribution in [-0.4, -0.2) is 50.3 Å². The highest BCUT2D eigenvalue weighted by Gasteiger charge is 2.20. The quantitative estimate of drug-likeness (QED) is 0.900. The van der Waals surface area contributed by atoms with Gasteiger partial charge < -0.3 is 10.2 Å². The molecule has 0 aromatic carbocycles. The van der Waals surface area contributed by atoms with Gasteiger partial charge in [0, 0.05) is 19.6 Å². The molecule has 0 saturated carbocycles. The lowest BCUT2D eigenvalue weighted by molar-refractivity contribution is 0.226. The number of anilines is 1. The Kier molecular flexibility index (Phi) is 3.33.